The summed E-state index contributed by atoms with van der Waals surface area (Å²) in [5.74, 6) is 0.141. The van der Waals surface area contributed by atoms with E-state index in [1.54, 1.807) is 42.5 Å². The third kappa shape index (κ3) is 3.88. The molecule has 0 bridgehead atoms. The normalized spacial score (nSPS) is 10.0. The Morgan fingerprint density at radius 2 is 1.65 bits per heavy atom. The second kappa shape index (κ2) is 7.45. The van der Waals surface area contributed by atoms with Crippen molar-refractivity contribution < 1.29 is 23.8 Å². The first kappa shape index (κ1) is 16.5. The van der Waals surface area contributed by atoms with Crippen LogP contribution in [-0.4, -0.2) is 32.6 Å². The highest BCUT2D eigenvalue weighted by Gasteiger charge is 2.15. The summed E-state index contributed by atoms with van der Waals surface area (Å²) in [4.78, 5) is 24.2. The van der Waals surface area contributed by atoms with Crippen LogP contribution < -0.4 is 9.47 Å². The SMILES string of the molecule is COc1cc(C(=O)OCC(=O)c2ccccc2OC)ccc1C. The van der Waals surface area contributed by atoms with Crippen LogP contribution in [0.4, 0.5) is 0 Å². The molecule has 2 aromatic carbocycles. The minimum atomic E-state index is -0.577. The highest BCUT2D eigenvalue weighted by Crippen LogP contribution is 2.20. The number of hydrogen-bond acceptors (Lipinski definition) is 5. The van der Waals surface area contributed by atoms with Gasteiger partial charge in [-0.25, -0.2) is 4.79 Å². The maximum atomic E-state index is 12.2. The lowest BCUT2D eigenvalue weighted by Gasteiger charge is -2.09. The van der Waals surface area contributed by atoms with Crippen molar-refractivity contribution in [2.45, 2.75) is 6.92 Å². The number of ether oxygens (including phenoxy) is 3. The topological polar surface area (TPSA) is 61.8 Å². The number of ketones is 1. The number of methoxy groups -OCH3 is 2. The second-order valence-electron chi connectivity index (χ2n) is 4.88. The van der Waals surface area contributed by atoms with Gasteiger partial charge in [-0.3, -0.25) is 4.79 Å². The summed E-state index contributed by atoms with van der Waals surface area (Å²) in [5, 5.41) is 0. The van der Waals surface area contributed by atoms with E-state index in [0.717, 1.165) is 5.56 Å². The van der Waals surface area contributed by atoms with Gasteiger partial charge < -0.3 is 14.2 Å². The zero-order valence-corrected chi connectivity index (χ0v) is 13.3. The minimum Gasteiger partial charge on any atom is -0.496 e. The monoisotopic (exact) mass is 314 g/mol. The first-order valence-corrected chi connectivity index (χ1v) is 7.04. The smallest absolute Gasteiger partial charge is 0.338 e. The van der Waals surface area contributed by atoms with Crippen LogP contribution in [0.3, 0.4) is 0 Å². The molecule has 0 aromatic heterocycles. The quantitative estimate of drug-likeness (QED) is 0.606. The predicted octanol–water partition coefficient (Wildman–Crippen LogP) is 3.05. The second-order valence-corrected chi connectivity index (χ2v) is 4.88. The highest BCUT2D eigenvalue weighted by molar-refractivity contribution is 6.01. The molecular formula is C18H18O5. The van der Waals surface area contributed by atoms with E-state index in [9.17, 15) is 9.59 Å². The van der Waals surface area contributed by atoms with E-state index in [4.69, 9.17) is 14.2 Å². The summed E-state index contributed by atoms with van der Waals surface area (Å²) < 4.78 is 15.4. The third-order valence-corrected chi connectivity index (χ3v) is 3.39. The van der Waals surface area contributed by atoms with Gasteiger partial charge in [0.05, 0.1) is 25.3 Å². The molecular weight excluding hydrogens is 296 g/mol. The lowest BCUT2D eigenvalue weighted by Crippen LogP contribution is -2.15. The number of hydrogen-bond donors (Lipinski definition) is 0. The molecule has 0 heterocycles. The molecule has 0 aliphatic heterocycles. The summed E-state index contributed by atoms with van der Waals surface area (Å²) in [6, 6.07) is 11.8. The number of esters is 1. The van der Waals surface area contributed by atoms with Crippen LogP contribution in [0.15, 0.2) is 42.5 Å². The van der Waals surface area contributed by atoms with E-state index in [0.29, 0.717) is 22.6 Å². The molecule has 0 aliphatic carbocycles. The molecule has 23 heavy (non-hydrogen) atoms. The van der Waals surface area contributed by atoms with Gasteiger partial charge in [0.15, 0.2) is 6.61 Å². The van der Waals surface area contributed by atoms with Gasteiger partial charge in [0.25, 0.3) is 0 Å². The van der Waals surface area contributed by atoms with Gasteiger partial charge >= 0.3 is 5.97 Å². The zero-order valence-electron chi connectivity index (χ0n) is 13.3. The van der Waals surface area contributed by atoms with Crippen LogP contribution in [0, 0.1) is 6.92 Å². The Balaban J connectivity index is 2.05. The van der Waals surface area contributed by atoms with E-state index in [1.165, 1.54) is 14.2 Å². The zero-order chi connectivity index (χ0) is 16.8. The van der Waals surface area contributed by atoms with Crippen molar-refractivity contribution in [1.29, 1.82) is 0 Å². The van der Waals surface area contributed by atoms with Crippen LogP contribution in [-0.2, 0) is 4.74 Å². The number of rotatable bonds is 6. The molecule has 2 rings (SSSR count). The summed E-state index contributed by atoms with van der Waals surface area (Å²) in [6.07, 6.45) is 0. The first-order chi connectivity index (χ1) is 11.1. The summed E-state index contributed by atoms with van der Waals surface area (Å²) in [5.41, 5.74) is 1.62. The molecule has 120 valence electrons. The fraction of sp³-hybridized carbons (Fsp3) is 0.222. The van der Waals surface area contributed by atoms with Gasteiger partial charge in [-0.2, -0.15) is 0 Å². The van der Waals surface area contributed by atoms with Crippen LogP contribution in [0.5, 0.6) is 11.5 Å². The van der Waals surface area contributed by atoms with Crippen molar-refractivity contribution in [3.63, 3.8) is 0 Å². The molecule has 0 saturated heterocycles. The molecule has 0 fully saturated rings. The summed E-state index contributed by atoms with van der Waals surface area (Å²) >= 11 is 0. The Labute approximate surface area is 134 Å². The Morgan fingerprint density at radius 1 is 0.957 bits per heavy atom. The van der Waals surface area contributed by atoms with Crippen LogP contribution in [0.1, 0.15) is 26.3 Å². The van der Waals surface area contributed by atoms with E-state index in [2.05, 4.69) is 0 Å². The van der Waals surface area contributed by atoms with Gasteiger partial charge in [0.1, 0.15) is 11.5 Å². The van der Waals surface area contributed by atoms with Gasteiger partial charge in [-0.15, -0.1) is 0 Å². The molecule has 5 heteroatoms. The average Bonchev–Trinajstić information content (AvgIpc) is 2.59. The largest absolute Gasteiger partial charge is 0.496 e. The number of benzene rings is 2. The lowest BCUT2D eigenvalue weighted by atomic mass is 10.1. The summed E-state index contributed by atoms with van der Waals surface area (Å²) in [7, 11) is 3.01. The van der Waals surface area contributed by atoms with Crippen molar-refractivity contribution in [3.8, 4) is 11.5 Å². The highest BCUT2D eigenvalue weighted by atomic mass is 16.5. The Morgan fingerprint density at radius 3 is 2.35 bits per heavy atom. The molecule has 0 unspecified atom stereocenters. The summed E-state index contributed by atoms with van der Waals surface area (Å²) in [6.45, 7) is 1.52. The number of carbonyl (C=O) groups is 2. The number of carbonyl (C=O) groups excluding carboxylic acids is 2. The average molecular weight is 314 g/mol. The Kier molecular flexibility index (Phi) is 5.36. The van der Waals surface area contributed by atoms with Gasteiger partial charge in [0, 0.05) is 0 Å². The van der Waals surface area contributed by atoms with E-state index >= 15 is 0 Å². The van der Waals surface area contributed by atoms with Crippen LogP contribution in [0.25, 0.3) is 0 Å². The first-order valence-electron chi connectivity index (χ1n) is 7.04. The maximum absolute atomic E-state index is 12.2. The van der Waals surface area contributed by atoms with Crippen molar-refractivity contribution >= 4 is 11.8 Å². The minimum absolute atomic E-state index is 0.324. The molecule has 0 radical (unpaired) electrons. The van der Waals surface area contributed by atoms with E-state index in [-0.39, 0.29) is 12.4 Å². The van der Waals surface area contributed by atoms with Crippen molar-refractivity contribution in [2.24, 2.45) is 0 Å². The number of para-hydroxylation sites is 1. The standard InChI is InChI=1S/C18H18O5/c1-12-8-9-13(10-17(12)22-3)18(20)23-11-15(19)14-6-4-5-7-16(14)21-2/h4-10H,11H2,1-3H3. The maximum Gasteiger partial charge on any atom is 0.338 e. The van der Waals surface area contributed by atoms with Gasteiger partial charge in [-0.1, -0.05) is 18.2 Å². The molecule has 0 amide bonds. The Bertz CT molecular complexity index is 721. The fourth-order valence-electron chi connectivity index (χ4n) is 2.11. The number of Topliss-reactive ketones (excluding diaryl/α,β-unsaturated/α-hetero) is 1. The lowest BCUT2D eigenvalue weighted by molar-refractivity contribution is 0.0473. The predicted molar refractivity (Wildman–Crippen MR) is 85.3 cm³/mol. The number of aryl methyl sites for hydroxylation is 1. The molecule has 0 aliphatic rings. The van der Waals surface area contributed by atoms with Crippen molar-refractivity contribution in [2.75, 3.05) is 20.8 Å². The van der Waals surface area contributed by atoms with Crippen molar-refractivity contribution in [3.05, 3.63) is 59.2 Å². The Hall–Kier alpha value is -2.82. The molecule has 0 N–H and O–H groups in total. The molecule has 5 nitrogen and oxygen atoms in total. The van der Waals surface area contributed by atoms with Crippen LogP contribution >= 0.6 is 0 Å². The van der Waals surface area contributed by atoms with Gasteiger partial charge in [0.2, 0.25) is 5.78 Å². The van der Waals surface area contributed by atoms with Crippen LogP contribution in [0.2, 0.25) is 0 Å². The molecule has 2 aromatic rings. The van der Waals surface area contributed by atoms with E-state index in [1.807, 2.05) is 6.92 Å². The van der Waals surface area contributed by atoms with Crippen molar-refractivity contribution in [1.82, 2.24) is 0 Å². The molecule has 0 atom stereocenters. The van der Waals surface area contributed by atoms with Gasteiger partial charge in [-0.05, 0) is 36.8 Å². The van der Waals surface area contributed by atoms with E-state index < -0.39 is 5.97 Å². The third-order valence-electron chi connectivity index (χ3n) is 3.39. The molecule has 0 spiro atoms. The molecule has 0 saturated carbocycles. The fourth-order valence-corrected chi connectivity index (χ4v) is 2.11.